The molecule has 3 aliphatic heterocycles. The summed E-state index contributed by atoms with van der Waals surface area (Å²) in [6.45, 7) is 4.69. The zero-order chi connectivity index (χ0) is 39.4. The van der Waals surface area contributed by atoms with Gasteiger partial charge in [-0.2, -0.15) is 9.97 Å². The van der Waals surface area contributed by atoms with Gasteiger partial charge in [0.1, 0.15) is 47.6 Å². The van der Waals surface area contributed by atoms with Crippen LogP contribution in [0.3, 0.4) is 0 Å². The van der Waals surface area contributed by atoms with Gasteiger partial charge in [-0.15, -0.1) is 6.42 Å². The van der Waals surface area contributed by atoms with Crippen molar-refractivity contribution in [2.45, 2.75) is 74.3 Å². The number of terminal acetylenes is 1. The minimum Gasteiger partial charge on any atom is -0.457 e. The maximum Gasteiger partial charge on any atom is 1.00 e. The number of halogens is 3. The number of pyridine rings is 1. The fourth-order valence-electron chi connectivity index (χ4n) is 9.10. The largest absolute Gasteiger partial charge is 1.00 e. The molecule has 3 aliphatic rings. The van der Waals surface area contributed by atoms with Crippen LogP contribution < -0.4 is 83.8 Å². The van der Waals surface area contributed by atoms with Gasteiger partial charge in [0.15, 0.2) is 5.82 Å². The number of fused-ring (bicyclic) bond motifs is 4. The van der Waals surface area contributed by atoms with Crippen molar-refractivity contribution in [3.05, 3.63) is 91.0 Å². The molecular formula is C43H47ClCsF2N6O4S+. The van der Waals surface area contributed by atoms with Crippen LogP contribution in [0.4, 0.5) is 14.6 Å². The molecule has 0 radical (unpaired) electrons. The summed E-state index contributed by atoms with van der Waals surface area (Å²) in [6, 6.07) is 15.3. The van der Waals surface area contributed by atoms with Gasteiger partial charge in [-0.1, -0.05) is 55.7 Å². The molecule has 3 saturated heterocycles. The molecule has 3 aromatic carbocycles. The molecule has 4 unspecified atom stereocenters. The first-order valence-electron chi connectivity index (χ1n) is 19.0. The third-order valence-electron chi connectivity index (χ3n) is 12.0. The van der Waals surface area contributed by atoms with Gasteiger partial charge in [0.25, 0.3) is 9.05 Å². The zero-order valence-electron chi connectivity index (χ0n) is 33.6. The Kier molecular flexibility index (Phi) is 13.9. The zero-order valence-corrected chi connectivity index (χ0v) is 41.4. The fraction of sp³-hybridized carbons (Fsp3) is 0.395. The van der Waals surface area contributed by atoms with E-state index in [0.717, 1.165) is 25.7 Å². The molecule has 58 heavy (non-hydrogen) atoms. The van der Waals surface area contributed by atoms with E-state index in [0.29, 0.717) is 63.6 Å². The minimum absolute atomic E-state index is 0. The molecule has 1 N–H and O–H groups in total. The molecule has 4 atom stereocenters. The average molecular weight is 950 g/mol. The first-order valence-corrected chi connectivity index (χ1v) is 21.3. The molecule has 300 valence electrons. The molecule has 3 fully saturated rings. The number of nitrogens with zero attached hydrogens (tertiary/aromatic N) is 5. The molecule has 0 amide bonds. The predicted octanol–water partition coefficient (Wildman–Crippen LogP) is 4.41. The number of likely N-dealkylation sites (tertiary alicyclic amines) is 1. The number of nitrogens with one attached hydrogen (secondary N) is 1. The molecule has 0 saturated carbocycles. The summed E-state index contributed by atoms with van der Waals surface area (Å²) in [6.07, 6.45) is 11.7. The number of rotatable bonds is 11. The van der Waals surface area contributed by atoms with E-state index < -0.39 is 26.2 Å². The number of aromatic nitrogens is 3. The number of quaternary nitrogens is 1. The molecule has 0 spiro atoms. The van der Waals surface area contributed by atoms with Crippen LogP contribution in [0.2, 0.25) is 0 Å². The summed E-state index contributed by atoms with van der Waals surface area (Å²) >= 11 is 0. The van der Waals surface area contributed by atoms with Crippen molar-refractivity contribution in [3.63, 3.8) is 0 Å². The number of likely N-dealkylation sites (N-methyl/N-ethyl adjacent to an activating group) is 1. The molecular weight excluding hydrogens is 903 g/mol. The van der Waals surface area contributed by atoms with Crippen molar-refractivity contribution < 1.29 is 100 Å². The number of anilines is 1. The van der Waals surface area contributed by atoms with Crippen LogP contribution in [0.15, 0.2) is 65.7 Å². The molecule has 8 rings (SSSR count). The fourth-order valence-corrected chi connectivity index (χ4v) is 9.92. The van der Waals surface area contributed by atoms with E-state index in [1.165, 1.54) is 18.2 Å². The molecule has 2 aromatic heterocycles. The van der Waals surface area contributed by atoms with Gasteiger partial charge in [-0.05, 0) is 42.0 Å². The molecule has 15 heteroatoms. The second-order valence-corrected chi connectivity index (χ2v) is 18.4. The molecule has 10 nitrogen and oxygen atoms in total. The standard InChI is InChI=1S/C42H44ClF2N6O4S.CH3.Cs/c1-5-17-42(19-30(23-51(42,3)4)54-24-26-9-7-11-31(18-26)56(43,52)53)25-55-41-48-39-34(40(49-41)50-21-28-14-15-29(22-50)47-28)20-46-38(37(39)45)33-12-8-10-27-13-16-35(44)32(6-2)36(27)33;;/h2,7-13,16,18,20,28-30,47H,5,14-15,17,19,21-25H2,1,3-4H3;1H3;/q+1;-1;+1. The molecule has 2 bridgehead atoms. The number of hydrogen-bond acceptors (Lipinski definition) is 9. The normalized spacial score (nSPS) is 22.4. The van der Waals surface area contributed by atoms with Gasteiger partial charge >= 0.3 is 74.9 Å². The van der Waals surface area contributed by atoms with E-state index in [4.69, 9.17) is 36.5 Å². The summed E-state index contributed by atoms with van der Waals surface area (Å²) in [5, 5.41) is 5.18. The summed E-state index contributed by atoms with van der Waals surface area (Å²) < 4.78 is 69.5. The van der Waals surface area contributed by atoms with Crippen molar-refractivity contribution in [2.75, 3.05) is 45.2 Å². The first-order chi connectivity index (χ1) is 26.8. The van der Waals surface area contributed by atoms with Gasteiger partial charge in [-0.3, -0.25) is 4.98 Å². The van der Waals surface area contributed by atoms with Gasteiger partial charge in [0, 0.05) is 65.8 Å². The summed E-state index contributed by atoms with van der Waals surface area (Å²) in [5.41, 5.74) is 0.787. The van der Waals surface area contributed by atoms with Crippen LogP contribution in [0.1, 0.15) is 50.2 Å². The third-order valence-corrected chi connectivity index (χ3v) is 13.3. The maximum absolute atomic E-state index is 17.1. The molecule has 5 heterocycles. The summed E-state index contributed by atoms with van der Waals surface area (Å²) in [7, 11) is 6.03. The van der Waals surface area contributed by atoms with Crippen LogP contribution in [0.5, 0.6) is 6.01 Å². The van der Waals surface area contributed by atoms with E-state index in [1.807, 2.05) is 6.07 Å². The maximum atomic E-state index is 17.1. The second-order valence-electron chi connectivity index (χ2n) is 15.9. The Balaban J connectivity index is 0.00000283. The Hall–Kier alpha value is -2.40. The van der Waals surface area contributed by atoms with Crippen molar-refractivity contribution in [2.24, 2.45) is 0 Å². The van der Waals surface area contributed by atoms with Crippen molar-refractivity contribution in [1.29, 1.82) is 0 Å². The molecule has 5 aromatic rings. The third kappa shape index (κ3) is 8.70. The van der Waals surface area contributed by atoms with Crippen LogP contribution in [-0.2, 0) is 20.4 Å². The molecule has 0 aliphatic carbocycles. The average Bonchev–Trinajstić information content (AvgIpc) is 3.64. The van der Waals surface area contributed by atoms with Crippen LogP contribution in [0.25, 0.3) is 32.9 Å². The number of hydrogen-bond donors (Lipinski definition) is 1. The Morgan fingerprint density at radius 2 is 1.83 bits per heavy atom. The van der Waals surface area contributed by atoms with E-state index in [9.17, 15) is 12.8 Å². The Labute approximate surface area is 402 Å². The van der Waals surface area contributed by atoms with Crippen molar-refractivity contribution in [3.8, 4) is 29.6 Å². The van der Waals surface area contributed by atoms with Gasteiger partial charge in [0.2, 0.25) is 0 Å². The quantitative estimate of drug-likeness (QED) is 0.0894. The summed E-state index contributed by atoms with van der Waals surface area (Å²) in [4.78, 5) is 16.5. The van der Waals surface area contributed by atoms with E-state index in [2.05, 4.69) is 42.1 Å². The number of benzene rings is 3. The Morgan fingerprint density at radius 3 is 2.53 bits per heavy atom. The van der Waals surface area contributed by atoms with Gasteiger partial charge in [0.05, 0.1) is 36.5 Å². The SMILES string of the molecule is C#Cc1c(F)ccc2cccc(-c3ncc4c(N5CC6CCC(C5)N6)nc(OCC5(CCC)CC(OCc6cccc(S(=O)(=O)Cl)c6)C[N+]5(C)C)nc4c3F)c12.[CH3-].[Cs+]. The van der Waals surface area contributed by atoms with Crippen LogP contribution in [-0.4, -0.2) is 91.9 Å². The van der Waals surface area contributed by atoms with E-state index in [-0.39, 0.29) is 135 Å². The summed E-state index contributed by atoms with van der Waals surface area (Å²) in [5.74, 6) is 1.77. The van der Waals surface area contributed by atoms with Gasteiger partial charge < -0.3 is 31.6 Å². The Morgan fingerprint density at radius 1 is 1.09 bits per heavy atom. The van der Waals surface area contributed by atoms with Crippen LogP contribution in [0, 0.1) is 31.4 Å². The van der Waals surface area contributed by atoms with Crippen LogP contribution >= 0.6 is 10.7 Å². The van der Waals surface area contributed by atoms with E-state index >= 15 is 4.39 Å². The Bertz CT molecular complexity index is 2490. The number of piperazine rings is 1. The number of ether oxygens (including phenoxy) is 2. The topological polar surface area (TPSA) is 107 Å². The first kappa shape index (κ1) is 45.1. The van der Waals surface area contributed by atoms with E-state index in [1.54, 1.807) is 36.5 Å². The van der Waals surface area contributed by atoms with Gasteiger partial charge in [-0.25, -0.2) is 17.2 Å². The second kappa shape index (κ2) is 17.9. The van der Waals surface area contributed by atoms with Crippen molar-refractivity contribution >= 4 is 47.2 Å². The minimum atomic E-state index is -3.87. The van der Waals surface area contributed by atoms with Crippen molar-refractivity contribution in [1.82, 2.24) is 20.3 Å². The monoisotopic (exact) mass is 949 g/mol. The smallest absolute Gasteiger partial charge is 0.457 e. The predicted molar refractivity (Wildman–Crippen MR) is 219 cm³/mol.